The Morgan fingerprint density at radius 2 is 1.80 bits per heavy atom. The minimum atomic E-state index is -5.29. The van der Waals surface area contributed by atoms with E-state index in [2.05, 4.69) is 4.98 Å². The van der Waals surface area contributed by atoms with E-state index < -0.39 is 30.7 Å². The van der Waals surface area contributed by atoms with Crippen molar-refractivity contribution < 1.29 is 26.1 Å². The van der Waals surface area contributed by atoms with Gasteiger partial charge in [-0.2, -0.15) is 13.2 Å². The molecular weight excluding hydrogens is 223 g/mol. The van der Waals surface area contributed by atoms with Crippen LogP contribution >= 0.6 is 0 Å². The molecule has 1 aromatic heterocycles. The van der Waals surface area contributed by atoms with E-state index in [-0.39, 0.29) is 0 Å². The van der Waals surface area contributed by atoms with Gasteiger partial charge in [0.25, 0.3) is 0 Å². The Morgan fingerprint density at radius 3 is 2.27 bits per heavy atom. The second kappa shape index (κ2) is 3.75. The quantitative estimate of drug-likeness (QED) is 0.559. The lowest BCUT2D eigenvalue weighted by molar-refractivity contribution is -0.141. The van der Waals surface area contributed by atoms with Crippen LogP contribution in [-0.2, 0) is 12.5 Å². The van der Waals surface area contributed by atoms with Crippen LogP contribution < -0.4 is 0 Å². The van der Waals surface area contributed by atoms with E-state index in [9.17, 15) is 26.1 Å². The zero-order valence-corrected chi connectivity index (χ0v) is 7.23. The zero-order valence-electron chi connectivity index (χ0n) is 7.23. The van der Waals surface area contributed by atoms with Crippen molar-refractivity contribution in [3.8, 4) is 0 Å². The molecule has 0 N–H and O–H groups in total. The molecule has 0 aliphatic rings. The van der Waals surface area contributed by atoms with Gasteiger partial charge in [-0.25, -0.2) is 0 Å². The van der Waals surface area contributed by atoms with Gasteiger partial charge in [0.05, 0.1) is 0 Å². The fourth-order valence-electron chi connectivity index (χ4n) is 1.11. The first-order chi connectivity index (χ1) is 6.70. The van der Waals surface area contributed by atoms with Crippen LogP contribution in [0.2, 0.25) is 0 Å². The van der Waals surface area contributed by atoms with E-state index in [4.69, 9.17) is 0 Å². The van der Waals surface area contributed by atoms with Crippen molar-refractivity contribution >= 4 is 6.98 Å². The summed E-state index contributed by atoms with van der Waals surface area (Å²) in [4.78, 5) is 2.92. The molecule has 0 aliphatic carbocycles. The Bertz CT molecular complexity index is 344. The maximum atomic E-state index is 12.2. The first-order valence-corrected chi connectivity index (χ1v) is 3.92. The Balaban J connectivity index is 3.08. The van der Waals surface area contributed by atoms with Crippen molar-refractivity contribution in [2.45, 2.75) is 12.5 Å². The van der Waals surface area contributed by atoms with Crippen LogP contribution in [0.3, 0.4) is 0 Å². The van der Waals surface area contributed by atoms with Crippen molar-refractivity contribution in [1.82, 2.24) is 4.98 Å². The van der Waals surface area contributed by atoms with Gasteiger partial charge in [0, 0.05) is 6.20 Å². The molecule has 84 valence electrons. The molecule has 0 aromatic carbocycles. The number of alkyl halides is 3. The smallest absolute Gasteiger partial charge is 0.449 e. The molecule has 0 atom stereocenters. The summed E-state index contributed by atoms with van der Waals surface area (Å²) in [5, 5.41) is 0. The molecule has 0 amide bonds. The van der Waals surface area contributed by atoms with E-state index in [1.54, 1.807) is 0 Å². The molecule has 8 heteroatoms. The highest BCUT2D eigenvalue weighted by Crippen LogP contribution is 2.31. The van der Waals surface area contributed by atoms with Crippen molar-refractivity contribution in [2.75, 3.05) is 0 Å². The minimum absolute atomic E-state index is 0.783. The molecule has 0 radical (unpaired) electrons. The molecule has 1 nitrogen and oxygen atoms in total. The summed E-state index contributed by atoms with van der Waals surface area (Å²) in [6.07, 6.45) is -5.60. The van der Waals surface area contributed by atoms with Crippen molar-refractivity contribution in [1.29, 1.82) is 0 Å². The van der Waals surface area contributed by atoms with Crippen LogP contribution in [0.5, 0.6) is 0 Å². The maximum absolute atomic E-state index is 12.2. The van der Waals surface area contributed by atoms with E-state index in [0.717, 1.165) is 18.3 Å². The van der Waals surface area contributed by atoms with Gasteiger partial charge in [0.15, 0.2) is 0 Å². The van der Waals surface area contributed by atoms with E-state index >= 15 is 0 Å². The molecular formula is C7H5BF6N-. The van der Waals surface area contributed by atoms with Crippen LogP contribution in [0.15, 0.2) is 18.3 Å². The normalized spacial score (nSPS) is 12.9. The Kier molecular flexibility index (Phi) is 2.96. The lowest BCUT2D eigenvalue weighted by Crippen LogP contribution is -2.23. The van der Waals surface area contributed by atoms with Gasteiger partial charge in [0.1, 0.15) is 5.69 Å². The number of rotatable bonds is 2. The van der Waals surface area contributed by atoms with Gasteiger partial charge in [-0.15, -0.1) is 0 Å². The second-order valence-corrected chi connectivity index (χ2v) is 2.92. The Morgan fingerprint density at radius 1 is 1.20 bits per heavy atom. The largest absolute Gasteiger partial charge is 0.482 e. The second-order valence-electron chi connectivity index (χ2n) is 2.92. The molecule has 0 spiro atoms. The zero-order chi connectivity index (χ0) is 11.7. The predicted octanol–water partition coefficient (Wildman–Crippen LogP) is 3.03. The number of pyridine rings is 1. The van der Waals surface area contributed by atoms with Crippen molar-refractivity contribution in [3.05, 3.63) is 29.6 Å². The average Bonchev–Trinajstić information content (AvgIpc) is 1.99. The van der Waals surface area contributed by atoms with Crippen LogP contribution in [-0.4, -0.2) is 12.0 Å². The molecule has 15 heavy (non-hydrogen) atoms. The van der Waals surface area contributed by atoms with Crippen molar-refractivity contribution in [3.63, 3.8) is 0 Å². The monoisotopic (exact) mass is 228 g/mol. The highest BCUT2D eigenvalue weighted by Gasteiger charge is 2.37. The summed E-state index contributed by atoms with van der Waals surface area (Å²) in [6.45, 7) is -5.29. The van der Waals surface area contributed by atoms with Gasteiger partial charge in [-0.3, -0.25) is 4.98 Å². The van der Waals surface area contributed by atoms with Gasteiger partial charge in [-0.05, 0) is 11.6 Å². The van der Waals surface area contributed by atoms with E-state index in [1.807, 2.05) is 0 Å². The summed E-state index contributed by atoms with van der Waals surface area (Å²) in [7, 11) is 0. The minimum Gasteiger partial charge on any atom is -0.449 e. The lowest BCUT2D eigenvalue weighted by Gasteiger charge is -2.17. The first kappa shape index (κ1) is 11.9. The lowest BCUT2D eigenvalue weighted by atomic mass is 9.81. The van der Waals surface area contributed by atoms with Gasteiger partial charge < -0.3 is 12.9 Å². The number of aromatic nitrogens is 1. The molecule has 0 fully saturated rings. The fourth-order valence-corrected chi connectivity index (χ4v) is 1.11. The van der Waals surface area contributed by atoms with Crippen LogP contribution in [0.1, 0.15) is 11.3 Å². The molecule has 1 rings (SSSR count). The molecule has 0 bridgehead atoms. The average molecular weight is 228 g/mol. The topological polar surface area (TPSA) is 12.9 Å². The highest BCUT2D eigenvalue weighted by molar-refractivity contribution is 6.57. The standard InChI is InChI=1S/C7H5BF6N/c9-7(10,11)6-5(2-1-3-15-6)4-8(12,13)14/h1-3H,4H2/q-1. The number of halogens is 6. The summed E-state index contributed by atoms with van der Waals surface area (Å²) >= 11 is 0. The third-order valence-electron chi connectivity index (χ3n) is 1.61. The van der Waals surface area contributed by atoms with Gasteiger partial charge in [0.2, 0.25) is 0 Å². The Labute approximate surface area is 81.2 Å². The third kappa shape index (κ3) is 3.45. The predicted molar refractivity (Wildman–Crippen MR) is 42.0 cm³/mol. The molecule has 0 saturated heterocycles. The van der Waals surface area contributed by atoms with Gasteiger partial charge >= 0.3 is 13.2 Å². The summed E-state index contributed by atoms with van der Waals surface area (Å²) in [6, 6.07) is 1.83. The fraction of sp³-hybridized carbons (Fsp3) is 0.286. The van der Waals surface area contributed by atoms with Crippen molar-refractivity contribution in [2.24, 2.45) is 0 Å². The third-order valence-corrected chi connectivity index (χ3v) is 1.61. The summed E-state index contributed by atoms with van der Waals surface area (Å²) < 4.78 is 72.5. The van der Waals surface area contributed by atoms with Crippen LogP contribution in [0.4, 0.5) is 26.1 Å². The molecule has 1 heterocycles. The molecule has 0 unspecified atom stereocenters. The number of nitrogens with zero attached hydrogens (tertiary/aromatic N) is 1. The first-order valence-electron chi connectivity index (χ1n) is 3.92. The number of hydrogen-bond donors (Lipinski definition) is 0. The van der Waals surface area contributed by atoms with E-state index in [1.165, 1.54) is 0 Å². The van der Waals surface area contributed by atoms with E-state index in [0.29, 0.717) is 0 Å². The Hall–Kier alpha value is -1.21. The van der Waals surface area contributed by atoms with Gasteiger partial charge in [-0.1, -0.05) is 12.4 Å². The maximum Gasteiger partial charge on any atom is 0.482 e. The summed E-state index contributed by atoms with van der Waals surface area (Å²) in [5.41, 5.74) is -2.30. The van der Waals surface area contributed by atoms with Crippen LogP contribution in [0, 0.1) is 0 Å². The molecule has 1 aromatic rings. The SMILES string of the molecule is F[B-](F)(F)Cc1cccnc1C(F)(F)F. The summed E-state index contributed by atoms with van der Waals surface area (Å²) in [5.74, 6) is 0. The molecule has 0 aliphatic heterocycles. The highest BCUT2D eigenvalue weighted by atomic mass is 19.4. The molecule has 0 saturated carbocycles. The van der Waals surface area contributed by atoms with Crippen LogP contribution in [0.25, 0.3) is 0 Å². The number of hydrogen-bond acceptors (Lipinski definition) is 1.